The standard InChI is InChI=1S/C13H21N3O3/c1-3-18-12(17)11-8-19-13(15-11)16-6-4-10(5-7-16)9(2)14/h8-10H,3-7,14H2,1-2H3. The van der Waals surface area contributed by atoms with Crippen LogP contribution >= 0.6 is 0 Å². The lowest BCUT2D eigenvalue weighted by Crippen LogP contribution is -2.39. The molecule has 1 fully saturated rings. The highest BCUT2D eigenvalue weighted by atomic mass is 16.5. The number of hydrogen-bond acceptors (Lipinski definition) is 6. The highest BCUT2D eigenvalue weighted by molar-refractivity contribution is 5.87. The van der Waals surface area contributed by atoms with Crippen LogP contribution in [0, 0.1) is 5.92 Å². The van der Waals surface area contributed by atoms with Gasteiger partial charge in [0.15, 0.2) is 5.69 Å². The van der Waals surface area contributed by atoms with Gasteiger partial charge in [0, 0.05) is 19.1 Å². The van der Waals surface area contributed by atoms with Crippen molar-refractivity contribution in [3.05, 3.63) is 12.0 Å². The summed E-state index contributed by atoms with van der Waals surface area (Å²) in [6.07, 6.45) is 3.40. The summed E-state index contributed by atoms with van der Waals surface area (Å²) in [6.45, 7) is 5.85. The topological polar surface area (TPSA) is 81.6 Å². The zero-order valence-electron chi connectivity index (χ0n) is 11.5. The van der Waals surface area contributed by atoms with Gasteiger partial charge in [0.2, 0.25) is 0 Å². The molecule has 6 nitrogen and oxygen atoms in total. The van der Waals surface area contributed by atoms with E-state index in [1.807, 2.05) is 11.8 Å². The summed E-state index contributed by atoms with van der Waals surface area (Å²) < 4.78 is 10.2. The Morgan fingerprint density at radius 2 is 2.32 bits per heavy atom. The average molecular weight is 267 g/mol. The van der Waals surface area contributed by atoms with Gasteiger partial charge >= 0.3 is 5.97 Å². The number of aromatic nitrogens is 1. The Kier molecular flexibility index (Phi) is 4.42. The molecule has 1 unspecified atom stereocenters. The first kappa shape index (κ1) is 13.9. The van der Waals surface area contributed by atoms with E-state index >= 15 is 0 Å². The van der Waals surface area contributed by atoms with Crippen molar-refractivity contribution in [2.45, 2.75) is 32.7 Å². The molecule has 2 heterocycles. The maximum atomic E-state index is 11.5. The van der Waals surface area contributed by atoms with E-state index in [1.165, 1.54) is 6.26 Å². The number of rotatable bonds is 4. The highest BCUT2D eigenvalue weighted by Gasteiger charge is 2.25. The van der Waals surface area contributed by atoms with E-state index in [1.54, 1.807) is 6.92 Å². The molecule has 106 valence electrons. The largest absolute Gasteiger partial charge is 0.461 e. The second-order valence-electron chi connectivity index (χ2n) is 4.92. The Morgan fingerprint density at radius 3 is 2.89 bits per heavy atom. The van der Waals surface area contributed by atoms with Gasteiger partial charge in [-0.1, -0.05) is 0 Å². The Balaban J connectivity index is 1.95. The van der Waals surface area contributed by atoms with Crippen LogP contribution in [0.25, 0.3) is 0 Å². The number of oxazole rings is 1. The van der Waals surface area contributed by atoms with Crippen molar-refractivity contribution < 1.29 is 13.9 Å². The molecule has 1 atom stereocenters. The van der Waals surface area contributed by atoms with Gasteiger partial charge in [-0.25, -0.2) is 4.79 Å². The second kappa shape index (κ2) is 6.06. The van der Waals surface area contributed by atoms with Crippen molar-refractivity contribution in [2.75, 3.05) is 24.6 Å². The number of carbonyl (C=O) groups excluding carboxylic acids is 1. The number of esters is 1. The van der Waals surface area contributed by atoms with Crippen LogP contribution in [-0.2, 0) is 4.74 Å². The monoisotopic (exact) mass is 267 g/mol. The Hall–Kier alpha value is -1.56. The van der Waals surface area contributed by atoms with Crippen LogP contribution in [0.3, 0.4) is 0 Å². The summed E-state index contributed by atoms with van der Waals surface area (Å²) in [6, 6.07) is 0.716. The number of hydrogen-bond donors (Lipinski definition) is 1. The SMILES string of the molecule is CCOC(=O)c1coc(N2CCC(C(C)N)CC2)n1. The lowest BCUT2D eigenvalue weighted by molar-refractivity contribution is 0.0519. The molecule has 2 rings (SSSR count). The van der Waals surface area contributed by atoms with Crippen LogP contribution in [-0.4, -0.2) is 36.7 Å². The van der Waals surface area contributed by atoms with Crippen LogP contribution in [0.15, 0.2) is 10.7 Å². The number of nitrogens with zero attached hydrogens (tertiary/aromatic N) is 2. The zero-order chi connectivity index (χ0) is 13.8. The molecule has 1 saturated heterocycles. The predicted octanol–water partition coefficient (Wildman–Crippen LogP) is 1.41. The molecule has 2 N–H and O–H groups in total. The number of nitrogens with two attached hydrogens (primary N) is 1. The summed E-state index contributed by atoms with van der Waals surface area (Å²) in [5, 5.41) is 0. The average Bonchev–Trinajstić information content (AvgIpc) is 2.89. The third-order valence-corrected chi connectivity index (χ3v) is 3.53. The van der Waals surface area contributed by atoms with Gasteiger partial charge in [0.25, 0.3) is 6.01 Å². The molecule has 0 aliphatic carbocycles. The van der Waals surface area contributed by atoms with Crippen LogP contribution < -0.4 is 10.6 Å². The Labute approximate surface area is 112 Å². The summed E-state index contributed by atoms with van der Waals surface area (Å²) in [4.78, 5) is 17.7. The van der Waals surface area contributed by atoms with Gasteiger partial charge in [-0.15, -0.1) is 0 Å². The summed E-state index contributed by atoms with van der Waals surface area (Å²) in [5.41, 5.74) is 6.14. The number of anilines is 1. The van der Waals surface area contributed by atoms with E-state index in [-0.39, 0.29) is 11.7 Å². The van der Waals surface area contributed by atoms with E-state index in [0.717, 1.165) is 25.9 Å². The van der Waals surface area contributed by atoms with Crippen LogP contribution in [0.2, 0.25) is 0 Å². The zero-order valence-corrected chi connectivity index (χ0v) is 11.5. The fourth-order valence-corrected chi connectivity index (χ4v) is 2.32. The third-order valence-electron chi connectivity index (χ3n) is 3.53. The van der Waals surface area contributed by atoms with Gasteiger partial charge in [-0.2, -0.15) is 4.98 Å². The van der Waals surface area contributed by atoms with Crippen LogP contribution in [0.5, 0.6) is 0 Å². The lowest BCUT2D eigenvalue weighted by atomic mass is 9.91. The van der Waals surface area contributed by atoms with Crippen molar-refractivity contribution >= 4 is 12.0 Å². The minimum absolute atomic E-state index is 0.224. The maximum Gasteiger partial charge on any atom is 0.360 e. The first-order valence-corrected chi connectivity index (χ1v) is 6.75. The lowest BCUT2D eigenvalue weighted by Gasteiger charge is -2.32. The molecule has 1 aromatic heterocycles. The Morgan fingerprint density at radius 1 is 1.63 bits per heavy atom. The van der Waals surface area contributed by atoms with Gasteiger partial charge in [-0.05, 0) is 32.6 Å². The van der Waals surface area contributed by atoms with Crippen LogP contribution in [0.1, 0.15) is 37.2 Å². The molecule has 1 aliphatic heterocycles. The van der Waals surface area contributed by atoms with Crippen LogP contribution in [0.4, 0.5) is 6.01 Å². The van der Waals surface area contributed by atoms with Crippen molar-refractivity contribution in [3.8, 4) is 0 Å². The van der Waals surface area contributed by atoms with E-state index in [2.05, 4.69) is 4.98 Å². The molecule has 1 aliphatic rings. The molecule has 0 aromatic carbocycles. The molecule has 6 heteroatoms. The normalized spacial score (nSPS) is 18.4. The fraction of sp³-hybridized carbons (Fsp3) is 0.692. The first-order chi connectivity index (χ1) is 9.11. The van der Waals surface area contributed by atoms with E-state index in [0.29, 0.717) is 18.5 Å². The minimum atomic E-state index is -0.442. The molecule has 0 saturated carbocycles. The summed E-state index contributed by atoms with van der Waals surface area (Å²) >= 11 is 0. The third kappa shape index (κ3) is 3.26. The van der Waals surface area contributed by atoms with Crippen molar-refractivity contribution in [2.24, 2.45) is 11.7 Å². The van der Waals surface area contributed by atoms with E-state index in [4.69, 9.17) is 14.9 Å². The van der Waals surface area contributed by atoms with Gasteiger partial charge < -0.3 is 19.8 Å². The van der Waals surface area contributed by atoms with E-state index < -0.39 is 5.97 Å². The van der Waals surface area contributed by atoms with Crippen molar-refractivity contribution in [1.82, 2.24) is 4.98 Å². The van der Waals surface area contributed by atoms with Crippen molar-refractivity contribution in [1.29, 1.82) is 0 Å². The minimum Gasteiger partial charge on any atom is -0.461 e. The molecule has 19 heavy (non-hydrogen) atoms. The number of carbonyl (C=O) groups is 1. The predicted molar refractivity (Wildman–Crippen MR) is 71.0 cm³/mol. The molecular weight excluding hydrogens is 246 g/mol. The molecule has 1 aromatic rings. The van der Waals surface area contributed by atoms with Gasteiger partial charge in [-0.3, -0.25) is 0 Å². The molecule has 0 radical (unpaired) electrons. The molecule has 0 spiro atoms. The first-order valence-electron chi connectivity index (χ1n) is 6.75. The molecule has 0 amide bonds. The van der Waals surface area contributed by atoms with E-state index in [9.17, 15) is 4.79 Å². The van der Waals surface area contributed by atoms with Crippen molar-refractivity contribution in [3.63, 3.8) is 0 Å². The van der Waals surface area contributed by atoms with Gasteiger partial charge in [0.1, 0.15) is 6.26 Å². The number of piperidine rings is 1. The maximum absolute atomic E-state index is 11.5. The summed E-state index contributed by atoms with van der Waals surface area (Å²) in [7, 11) is 0. The van der Waals surface area contributed by atoms with Gasteiger partial charge in [0.05, 0.1) is 6.61 Å². The highest BCUT2D eigenvalue weighted by Crippen LogP contribution is 2.24. The summed E-state index contributed by atoms with van der Waals surface area (Å²) in [5.74, 6) is 0.110. The molecule has 0 bridgehead atoms. The molecular formula is C13H21N3O3. The second-order valence-corrected chi connectivity index (χ2v) is 4.92. The smallest absolute Gasteiger partial charge is 0.360 e. The number of ether oxygens (including phenoxy) is 1. The fourth-order valence-electron chi connectivity index (χ4n) is 2.32. The quantitative estimate of drug-likeness (QED) is 0.831. The Bertz CT molecular complexity index is 423.